The van der Waals surface area contributed by atoms with Crippen LogP contribution >= 0.6 is 11.8 Å². The molecule has 0 spiro atoms. The van der Waals surface area contributed by atoms with Gasteiger partial charge in [-0.1, -0.05) is 0 Å². The van der Waals surface area contributed by atoms with Gasteiger partial charge < -0.3 is 48.5 Å². The topological polar surface area (TPSA) is 273 Å². The number of hydrogen-bond acceptors (Lipinski definition) is 9. The zero-order valence-corrected chi connectivity index (χ0v) is 20.3. The van der Waals surface area contributed by atoms with Crippen LogP contribution in [-0.4, -0.2) is 100 Å². The fourth-order valence-corrected chi connectivity index (χ4v) is 3.16. The zero-order chi connectivity index (χ0) is 27.0. The van der Waals surface area contributed by atoms with Crippen LogP contribution in [0.25, 0.3) is 0 Å². The molecule has 0 aromatic carbocycles. The normalized spacial score (nSPS) is 14.0. The number of nitrogens with one attached hydrogen (secondary N) is 3. The van der Waals surface area contributed by atoms with E-state index in [1.54, 1.807) is 6.26 Å². The summed E-state index contributed by atoms with van der Waals surface area (Å²) < 4.78 is 0. The Labute approximate surface area is 206 Å². The van der Waals surface area contributed by atoms with Gasteiger partial charge in [-0.3, -0.25) is 24.2 Å². The quantitative estimate of drug-likeness (QED) is 0.0483. The van der Waals surface area contributed by atoms with E-state index in [9.17, 15) is 34.2 Å². The van der Waals surface area contributed by atoms with Crippen molar-refractivity contribution in [2.45, 2.75) is 56.3 Å². The molecular formula is C19H35N7O8S. The number of amides is 3. The summed E-state index contributed by atoms with van der Waals surface area (Å²) in [6.45, 7) is -0.649. The monoisotopic (exact) mass is 521 g/mol. The number of carboxylic acids is 2. The molecule has 0 aliphatic rings. The molecule has 4 unspecified atom stereocenters. The third-order valence-electron chi connectivity index (χ3n) is 4.63. The van der Waals surface area contributed by atoms with Gasteiger partial charge in [-0.05, 0) is 37.7 Å². The molecule has 0 bridgehead atoms. The van der Waals surface area contributed by atoms with Gasteiger partial charge in [0, 0.05) is 13.0 Å². The summed E-state index contributed by atoms with van der Waals surface area (Å²) in [5.41, 5.74) is 16.0. The number of carbonyl (C=O) groups excluding carboxylic acids is 3. The van der Waals surface area contributed by atoms with Crippen molar-refractivity contribution in [3.05, 3.63) is 0 Å². The summed E-state index contributed by atoms with van der Waals surface area (Å²) in [6.07, 6.45) is 1.68. The Kier molecular flexibility index (Phi) is 15.8. The molecule has 0 saturated heterocycles. The molecule has 0 aliphatic heterocycles. The molecule has 0 aliphatic carbocycles. The van der Waals surface area contributed by atoms with Gasteiger partial charge in [0.1, 0.15) is 18.1 Å². The third-order valence-corrected chi connectivity index (χ3v) is 5.27. The Balaban J connectivity index is 5.18. The van der Waals surface area contributed by atoms with E-state index in [2.05, 4.69) is 20.9 Å². The first-order valence-electron chi connectivity index (χ1n) is 10.7. The van der Waals surface area contributed by atoms with Gasteiger partial charge in [0.15, 0.2) is 5.96 Å². The zero-order valence-electron chi connectivity index (χ0n) is 19.4. The Hall–Kier alpha value is -3.11. The van der Waals surface area contributed by atoms with Crippen LogP contribution in [0.2, 0.25) is 0 Å². The number of guanidine groups is 1. The van der Waals surface area contributed by atoms with Gasteiger partial charge >= 0.3 is 11.9 Å². The largest absolute Gasteiger partial charge is 0.481 e. The molecule has 15 nitrogen and oxygen atoms in total. The van der Waals surface area contributed by atoms with Crippen molar-refractivity contribution < 1.29 is 39.3 Å². The van der Waals surface area contributed by atoms with E-state index in [0.717, 1.165) is 0 Å². The Morgan fingerprint density at radius 3 is 1.97 bits per heavy atom. The van der Waals surface area contributed by atoms with E-state index < -0.39 is 60.4 Å². The molecule has 0 fully saturated rings. The molecule has 0 radical (unpaired) electrons. The third kappa shape index (κ3) is 14.0. The van der Waals surface area contributed by atoms with Gasteiger partial charge in [-0.25, -0.2) is 4.79 Å². The SMILES string of the molecule is CSCCC(NC(=O)C(CO)NC(=O)C(N)CCC(=O)O)C(=O)NC(CCCN=C(N)N)C(=O)O. The van der Waals surface area contributed by atoms with Gasteiger partial charge in [-0.2, -0.15) is 11.8 Å². The average Bonchev–Trinajstić information content (AvgIpc) is 2.79. The number of hydrogen-bond donors (Lipinski definition) is 9. The lowest BCUT2D eigenvalue weighted by molar-refractivity contribution is -0.142. The second-order valence-corrected chi connectivity index (χ2v) is 8.46. The predicted octanol–water partition coefficient (Wildman–Crippen LogP) is -3.48. The molecule has 0 aromatic heterocycles. The number of aliphatic imine (C=N–C) groups is 1. The Morgan fingerprint density at radius 2 is 1.46 bits per heavy atom. The van der Waals surface area contributed by atoms with Crippen LogP contribution in [0.1, 0.15) is 32.1 Å². The van der Waals surface area contributed by atoms with E-state index >= 15 is 0 Å². The second-order valence-electron chi connectivity index (χ2n) is 7.47. The summed E-state index contributed by atoms with van der Waals surface area (Å²) in [6, 6.07) is -5.09. The lowest BCUT2D eigenvalue weighted by atomic mass is 10.1. The number of thioether (sulfide) groups is 1. The van der Waals surface area contributed by atoms with Crippen molar-refractivity contribution in [2.75, 3.05) is 25.2 Å². The van der Waals surface area contributed by atoms with Crippen molar-refractivity contribution in [3.63, 3.8) is 0 Å². The van der Waals surface area contributed by atoms with Gasteiger partial charge in [-0.15, -0.1) is 0 Å². The highest BCUT2D eigenvalue weighted by Crippen LogP contribution is 2.05. The van der Waals surface area contributed by atoms with Crippen molar-refractivity contribution >= 4 is 47.4 Å². The van der Waals surface area contributed by atoms with Crippen LogP contribution in [0.15, 0.2) is 4.99 Å². The fraction of sp³-hybridized carbons (Fsp3) is 0.684. The molecule has 0 aromatic rings. The van der Waals surface area contributed by atoms with Crippen molar-refractivity contribution in [3.8, 4) is 0 Å². The highest BCUT2D eigenvalue weighted by Gasteiger charge is 2.29. The summed E-state index contributed by atoms with van der Waals surface area (Å²) in [5, 5.41) is 34.6. The number of aliphatic carboxylic acids is 2. The first kappa shape index (κ1) is 31.9. The molecule has 0 heterocycles. The van der Waals surface area contributed by atoms with Gasteiger partial charge in [0.25, 0.3) is 0 Å². The van der Waals surface area contributed by atoms with E-state index in [1.807, 2.05) is 0 Å². The van der Waals surface area contributed by atoms with Crippen LogP contribution in [0.5, 0.6) is 0 Å². The number of aliphatic hydroxyl groups excluding tert-OH is 1. The first-order chi connectivity index (χ1) is 16.4. The minimum atomic E-state index is -1.46. The van der Waals surface area contributed by atoms with Crippen LogP contribution in [-0.2, 0) is 24.0 Å². The first-order valence-corrected chi connectivity index (χ1v) is 12.1. The Bertz CT molecular complexity index is 763. The lowest BCUT2D eigenvalue weighted by Crippen LogP contribution is -2.58. The van der Waals surface area contributed by atoms with Crippen LogP contribution in [0.4, 0.5) is 0 Å². The number of nitrogens with zero attached hydrogens (tertiary/aromatic N) is 1. The number of rotatable bonds is 18. The molecule has 3 amide bonds. The minimum Gasteiger partial charge on any atom is -0.481 e. The summed E-state index contributed by atoms with van der Waals surface area (Å²) in [7, 11) is 0. The standard InChI is InChI=1S/C19H35N7O8S/c1-35-8-6-11(16(31)25-12(18(33)34)3-2-7-23-19(21)22)24-17(32)13(9-27)26-15(30)10(20)4-5-14(28)29/h10-13,27H,2-9,20H2,1H3,(H,24,32)(H,25,31)(H,26,30)(H,28,29)(H,33,34)(H4,21,22,23). The minimum absolute atomic E-state index is 0.0323. The molecule has 16 heteroatoms. The molecule has 35 heavy (non-hydrogen) atoms. The fourth-order valence-electron chi connectivity index (χ4n) is 2.69. The predicted molar refractivity (Wildman–Crippen MR) is 128 cm³/mol. The number of aliphatic hydroxyl groups is 1. The van der Waals surface area contributed by atoms with Crippen LogP contribution in [0, 0.1) is 0 Å². The van der Waals surface area contributed by atoms with Crippen molar-refractivity contribution in [2.24, 2.45) is 22.2 Å². The van der Waals surface area contributed by atoms with E-state index in [1.165, 1.54) is 11.8 Å². The molecule has 4 atom stereocenters. The maximum Gasteiger partial charge on any atom is 0.326 e. The second kappa shape index (κ2) is 17.3. The van der Waals surface area contributed by atoms with Gasteiger partial charge in [0.2, 0.25) is 17.7 Å². The Morgan fingerprint density at radius 1 is 0.886 bits per heavy atom. The van der Waals surface area contributed by atoms with Crippen LogP contribution in [0.3, 0.4) is 0 Å². The molecule has 200 valence electrons. The maximum absolute atomic E-state index is 12.7. The molecule has 0 rings (SSSR count). The van der Waals surface area contributed by atoms with Crippen LogP contribution < -0.4 is 33.2 Å². The smallest absolute Gasteiger partial charge is 0.326 e. The number of nitrogens with two attached hydrogens (primary N) is 3. The lowest BCUT2D eigenvalue weighted by Gasteiger charge is -2.24. The van der Waals surface area contributed by atoms with Crippen molar-refractivity contribution in [1.82, 2.24) is 16.0 Å². The van der Waals surface area contributed by atoms with Gasteiger partial charge in [0.05, 0.1) is 12.6 Å². The number of carbonyl (C=O) groups is 5. The number of carboxylic acid groups (broad SMARTS) is 2. The molecule has 0 saturated carbocycles. The molecular weight excluding hydrogens is 486 g/mol. The summed E-state index contributed by atoms with van der Waals surface area (Å²) in [4.78, 5) is 63.4. The van der Waals surface area contributed by atoms with E-state index in [-0.39, 0.29) is 44.6 Å². The summed E-state index contributed by atoms with van der Waals surface area (Å²) >= 11 is 1.39. The summed E-state index contributed by atoms with van der Waals surface area (Å²) in [5.74, 6) is -4.64. The van der Waals surface area contributed by atoms with E-state index in [4.69, 9.17) is 22.3 Å². The maximum atomic E-state index is 12.7. The highest BCUT2D eigenvalue weighted by atomic mass is 32.2. The molecule has 12 N–H and O–H groups in total. The highest BCUT2D eigenvalue weighted by molar-refractivity contribution is 7.98. The van der Waals surface area contributed by atoms with E-state index in [0.29, 0.717) is 5.75 Å². The van der Waals surface area contributed by atoms with Crippen molar-refractivity contribution in [1.29, 1.82) is 0 Å². The average molecular weight is 522 g/mol.